The van der Waals surface area contributed by atoms with Gasteiger partial charge in [-0.1, -0.05) is 6.07 Å². The largest absolute Gasteiger partial charge is 0.459 e. The molecular formula is C18H22N2O3S. The fourth-order valence-corrected chi connectivity index (χ4v) is 4.53. The van der Waals surface area contributed by atoms with Crippen LogP contribution in [-0.4, -0.2) is 42.1 Å². The first-order valence-electron chi connectivity index (χ1n) is 8.46. The second-order valence-electron chi connectivity index (χ2n) is 6.71. The van der Waals surface area contributed by atoms with E-state index >= 15 is 0 Å². The molecule has 4 heterocycles. The quantitative estimate of drug-likeness (QED) is 0.925. The van der Waals surface area contributed by atoms with Gasteiger partial charge in [0.05, 0.1) is 11.9 Å². The topological polar surface area (TPSA) is 54.7 Å². The first-order chi connectivity index (χ1) is 11.7. The summed E-state index contributed by atoms with van der Waals surface area (Å²) in [6.45, 7) is 3.69. The maximum atomic E-state index is 12.2. The molecule has 1 amide bonds. The minimum absolute atomic E-state index is 0.114. The number of nitrogens with zero attached hydrogens (tertiary/aromatic N) is 1. The molecule has 0 radical (unpaired) electrons. The number of amides is 1. The van der Waals surface area contributed by atoms with Gasteiger partial charge in [-0.3, -0.25) is 9.69 Å². The molecule has 6 heteroatoms. The third-order valence-corrected chi connectivity index (χ3v) is 5.79. The molecule has 2 atom stereocenters. The van der Waals surface area contributed by atoms with E-state index < -0.39 is 0 Å². The maximum Gasteiger partial charge on any atom is 0.287 e. The molecule has 0 saturated carbocycles. The number of nitrogens with one attached hydrogen (secondary N) is 1. The lowest BCUT2D eigenvalue weighted by Gasteiger charge is -2.38. The second kappa shape index (κ2) is 6.70. The van der Waals surface area contributed by atoms with Gasteiger partial charge in [0.15, 0.2) is 5.76 Å². The molecule has 4 rings (SSSR count). The molecule has 24 heavy (non-hydrogen) atoms. The monoisotopic (exact) mass is 346 g/mol. The van der Waals surface area contributed by atoms with E-state index in [0.717, 1.165) is 38.9 Å². The van der Waals surface area contributed by atoms with Crippen LogP contribution in [0.3, 0.4) is 0 Å². The first-order valence-corrected chi connectivity index (χ1v) is 9.33. The molecule has 2 aromatic rings. The van der Waals surface area contributed by atoms with Crippen LogP contribution in [0.4, 0.5) is 0 Å². The summed E-state index contributed by atoms with van der Waals surface area (Å²) in [4.78, 5) is 16.1. The molecule has 5 nitrogen and oxygen atoms in total. The van der Waals surface area contributed by atoms with Crippen molar-refractivity contribution in [1.29, 1.82) is 0 Å². The molecule has 0 aromatic carbocycles. The van der Waals surface area contributed by atoms with Crippen molar-refractivity contribution in [3.63, 3.8) is 0 Å². The Kier molecular flexibility index (Phi) is 4.43. The fraction of sp³-hybridized carbons (Fsp3) is 0.500. The van der Waals surface area contributed by atoms with Crippen LogP contribution in [0.5, 0.6) is 0 Å². The van der Waals surface area contributed by atoms with Gasteiger partial charge < -0.3 is 14.5 Å². The molecule has 0 aliphatic carbocycles. The van der Waals surface area contributed by atoms with Gasteiger partial charge >= 0.3 is 0 Å². The summed E-state index contributed by atoms with van der Waals surface area (Å²) < 4.78 is 11.3. The zero-order chi connectivity index (χ0) is 16.4. The molecule has 0 bridgehead atoms. The number of carbonyl (C=O) groups excluding carboxylic acids is 1. The SMILES string of the molecule is O=C(N[C@@H]1CCO[C@]2(CCN(Cc3cccs3)C2)C1)c1ccco1. The summed E-state index contributed by atoms with van der Waals surface area (Å²) in [5.74, 6) is 0.247. The van der Waals surface area contributed by atoms with Crippen LogP contribution in [0.25, 0.3) is 0 Å². The molecular weight excluding hydrogens is 324 g/mol. The summed E-state index contributed by atoms with van der Waals surface area (Å²) >= 11 is 1.80. The fourth-order valence-electron chi connectivity index (χ4n) is 3.79. The second-order valence-corrected chi connectivity index (χ2v) is 7.74. The summed E-state index contributed by atoms with van der Waals surface area (Å²) in [6, 6.07) is 7.87. The van der Waals surface area contributed by atoms with Gasteiger partial charge in [0.25, 0.3) is 5.91 Å². The van der Waals surface area contributed by atoms with Crippen molar-refractivity contribution in [2.24, 2.45) is 0 Å². The van der Waals surface area contributed by atoms with Gasteiger partial charge in [-0.05, 0) is 42.8 Å². The number of likely N-dealkylation sites (tertiary alicyclic amines) is 1. The third kappa shape index (κ3) is 3.41. The van der Waals surface area contributed by atoms with Gasteiger partial charge in [-0.15, -0.1) is 11.3 Å². The number of ether oxygens (including phenoxy) is 1. The van der Waals surface area contributed by atoms with E-state index in [1.165, 1.54) is 11.1 Å². The molecule has 2 fully saturated rings. The van der Waals surface area contributed by atoms with Crippen molar-refractivity contribution < 1.29 is 13.9 Å². The molecule has 2 aliphatic rings. The Labute approximate surface area is 145 Å². The minimum atomic E-state index is -0.129. The van der Waals surface area contributed by atoms with Crippen molar-refractivity contribution in [2.45, 2.75) is 37.5 Å². The number of furan rings is 1. The number of hydrogen-bond donors (Lipinski definition) is 1. The molecule has 2 aromatic heterocycles. The van der Waals surface area contributed by atoms with Gasteiger partial charge in [-0.2, -0.15) is 0 Å². The van der Waals surface area contributed by atoms with E-state index in [2.05, 4.69) is 27.7 Å². The van der Waals surface area contributed by atoms with E-state index in [-0.39, 0.29) is 17.6 Å². The molecule has 0 unspecified atom stereocenters. The van der Waals surface area contributed by atoms with Crippen LogP contribution in [0, 0.1) is 0 Å². The van der Waals surface area contributed by atoms with Crippen LogP contribution in [-0.2, 0) is 11.3 Å². The highest BCUT2D eigenvalue weighted by Gasteiger charge is 2.43. The van der Waals surface area contributed by atoms with E-state index in [1.807, 2.05) is 0 Å². The minimum Gasteiger partial charge on any atom is -0.459 e. The average molecular weight is 346 g/mol. The standard InChI is InChI=1S/C18H22N2O3S/c21-17(16-4-1-8-22-16)19-14-5-9-23-18(11-14)6-7-20(13-18)12-15-3-2-10-24-15/h1-4,8,10,14H,5-7,9,11-13H2,(H,19,21)/t14-,18-/m1/s1. The van der Waals surface area contributed by atoms with E-state index in [1.54, 1.807) is 23.5 Å². The number of hydrogen-bond acceptors (Lipinski definition) is 5. The van der Waals surface area contributed by atoms with Crippen molar-refractivity contribution >= 4 is 17.2 Å². The van der Waals surface area contributed by atoms with Crippen LogP contribution >= 0.6 is 11.3 Å². The van der Waals surface area contributed by atoms with Crippen molar-refractivity contribution in [3.05, 3.63) is 46.5 Å². The van der Waals surface area contributed by atoms with Gasteiger partial charge in [-0.25, -0.2) is 0 Å². The predicted molar refractivity (Wildman–Crippen MR) is 92.1 cm³/mol. The van der Waals surface area contributed by atoms with Crippen molar-refractivity contribution in [2.75, 3.05) is 19.7 Å². The highest BCUT2D eigenvalue weighted by Crippen LogP contribution is 2.35. The lowest BCUT2D eigenvalue weighted by molar-refractivity contribution is -0.0793. The Morgan fingerprint density at radius 2 is 2.38 bits per heavy atom. The van der Waals surface area contributed by atoms with E-state index in [0.29, 0.717) is 12.4 Å². The smallest absolute Gasteiger partial charge is 0.287 e. The summed E-state index contributed by atoms with van der Waals surface area (Å²) in [5, 5.41) is 5.23. The van der Waals surface area contributed by atoms with Gasteiger partial charge in [0.2, 0.25) is 0 Å². The maximum absolute atomic E-state index is 12.2. The normalized spacial score (nSPS) is 27.6. The number of carbonyl (C=O) groups is 1. The predicted octanol–water partition coefficient (Wildman–Crippen LogP) is 2.89. The Hall–Kier alpha value is -1.63. The zero-order valence-corrected chi connectivity index (χ0v) is 14.4. The number of rotatable bonds is 4. The first kappa shape index (κ1) is 15.9. The van der Waals surface area contributed by atoms with Crippen molar-refractivity contribution in [3.8, 4) is 0 Å². The van der Waals surface area contributed by atoms with E-state index in [9.17, 15) is 4.79 Å². The number of thiophene rings is 1. The Bertz CT molecular complexity index is 671. The Morgan fingerprint density at radius 1 is 1.42 bits per heavy atom. The third-order valence-electron chi connectivity index (χ3n) is 4.93. The highest BCUT2D eigenvalue weighted by molar-refractivity contribution is 7.09. The highest BCUT2D eigenvalue weighted by atomic mass is 32.1. The average Bonchev–Trinajstić information content (AvgIpc) is 3.31. The van der Waals surface area contributed by atoms with Crippen LogP contribution in [0.2, 0.25) is 0 Å². The van der Waals surface area contributed by atoms with Crippen molar-refractivity contribution in [1.82, 2.24) is 10.2 Å². The lowest BCUT2D eigenvalue weighted by atomic mass is 9.89. The molecule has 128 valence electrons. The lowest BCUT2D eigenvalue weighted by Crippen LogP contribution is -2.49. The summed E-state index contributed by atoms with van der Waals surface area (Å²) in [5.41, 5.74) is -0.114. The zero-order valence-electron chi connectivity index (χ0n) is 13.6. The molecule has 2 aliphatic heterocycles. The molecule has 1 spiro atoms. The Morgan fingerprint density at radius 3 is 3.17 bits per heavy atom. The van der Waals surface area contributed by atoms with Crippen LogP contribution in [0.15, 0.2) is 40.3 Å². The van der Waals surface area contributed by atoms with Gasteiger partial charge in [0.1, 0.15) is 0 Å². The molecule has 1 N–H and O–H groups in total. The van der Waals surface area contributed by atoms with Gasteiger partial charge in [0, 0.05) is 37.2 Å². The summed E-state index contributed by atoms with van der Waals surface area (Å²) in [7, 11) is 0. The molecule has 2 saturated heterocycles. The van der Waals surface area contributed by atoms with E-state index in [4.69, 9.17) is 9.15 Å². The summed E-state index contributed by atoms with van der Waals surface area (Å²) in [6.07, 6.45) is 4.30. The van der Waals surface area contributed by atoms with Crippen LogP contribution in [0.1, 0.15) is 34.7 Å². The van der Waals surface area contributed by atoms with Crippen LogP contribution < -0.4 is 5.32 Å². The Balaban J connectivity index is 1.35.